The Morgan fingerprint density at radius 3 is 2.45 bits per heavy atom. The summed E-state index contributed by atoms with van der Waals surface area (Å²) in [6.07, 6.45) is 1.60. The molecule has 2 spiro atoms. The SMILES string of the molecule is O=C(c1ccc(Cl)cc1)[C@@H]1[C@H]2CCCN2[C@]2(C(=O)c3cccc4cccc2c34)[C@@]12C(=O)Nc1ccccc12. The number of hydrogen-bond acceptors (Lipinski definition) is 4. The van der Waals surface area contributed by atoms with Crippen LogP contribution in [0.2, 0.25) is 5.02 Å². The third kappa shape index (κ3) is 2.32. The lowest BCUT2D eigenvalue weighted by Crippen LogP contribution is -2.61. The molecule has 1 amide bonds. The normalized spacial score (nSPS) is 28.9. The van der Waals surface area contributed by atoms with E-state index in [0.717, 1.165) is 34.7 Å². The molecule has 0 bridgehead atoms. The fourth-order valence-electron chi connectivity index (χ4n) is 8.23. The number of Topliss-reactive ketones (excluding diaryl/α,β-unsaturated/α-hetero) is 2. The first-order valence-electron chi connectivity index (χ1n) is 13.1. The van der Waals surface area contributed by atoms with E-state index in [1.165, 1.54) is 0 Å². The van der Waals surface area contributed by atoms with E-state index in [1.54, 1.807) is 24.3 Å². The van der Waals surface area contributed by atoms with Crippen molar-refractivity contribution < 1.29 is 14.4 Å². The van der Waals surface area contributed by atoms with Gasteiger partial charge in [-0.3, -0.25) is 19.3 Å². The quantitative estimate of drug-likeness (QED) is 0.343. The predicted molar refractivity (Wildman–Crippen MR) is 146 cm³/mol. The van der Waals surface area contributed by atoms with Crippen LogP contribution in [-0.2, 0) is 15.7 Å². The molecule has 0 radical (unpaired) electrons. The van der Waals surface area contributed by atoms with Crippen molar-refractivity contribution in [2.24, 2.45) is 5.92 Å². The Bertz CT molecular complexity index is 1730. The van der Waals surface area contributed by atoms with Gasteiger partial charge in [-0.15, -0.1) is 0 Å². The Morgan fingerprint density at radius 2 is 1.63 bits per heavy atom. The third-order valence-electron chi connectivity index (χ3n) is 9.39. The van der Waals surface area contributed by atoms with Crippen molar-refractivity contribution in [1.29, 1.82) is 0 Å². The van der Waals surface area contributed by atoms with Crippen molar-refractivity contribution in [3.8, 4) is 0 Å². The molecular weight excluding hydrogens is 496 g/mol. The van der Waals surface area contributed by atoms with E-state index in [9.17, 15) is 14.4 Å². The van der Waals surface area contributed by atoms with Crippen LogP contribution < -0.4 is 5.32 Å². The van der Waals surface area contributed by atoms with Crippen LogP contribution in [0.15, 0.2) is 84.9 Å². The van der Waals surface area contributed by atoms with Gasteiger partial charge in [0, 0.05) is 27.9 Å². The summed E-state index contributed by atoms with van der Waals surface area (Å²) in [5, 5.41) is 5.50. The van der Waals surface area contributed by atoms with Gasteiger partial charge >= 0.3 is 0 Å². The average Bonchev–Trinajstić information content (AvgIpc) is 3.65. The molecule has 4 aromatic rings. The number of ketones is 2. The summed E-state index contributed by atoms with van der Waals surface area (Å²) in [5.74, 6) is -1.24. The molecule has 1 N–H and O–H groups in total. The summed E-state index contributed by atoms with van der Waals surface area (Å²) < 4.78 is 0. The zero-order chi connectivity index (χ0) is 25.8. The Hall–Kier alpha value is -3.80. The fraction of sp³-hybridized carbons (Fsp3) is 0.219. The van der Waals surface area contributed by atoms with E-state index in [2.05, 4.69) is 10.2 Å². The van der Waals surface area contributed by atoms with Crippen LogP contribution in [-0.4, -0.2) is 35.0 Å². The average molecular weight is 519 g/mol. The van der Waals surface area contributed by atoms with E-state index >= 15 is 0 Å². The Morgan fingerprint density at radius 1 is 0.895 bits per heavy atom. The molecule has 0 unspecified atom stereocenters. The maximum atomic E-state index is 15.0. The van der Waals surface area contributed by atoms with Crippen LogP contribution in [0.25, 0.3) is 10.8 Å². The first kappa shape index (κ1) is 22.2. The molecule has 38 heavy (non-hydrogen) atoms. The Balaban J connectivity index is 1.51. The van der Waals surface area contributed by atoms with Crippen LogP contribution in [0, 0.1) is 5.92 Å². The standard InChI is InChI=1S/C32H23ClN2O3/c33-20-15-13-19(14-16-20)28(36)27-25-12-5-17-35(25)32(31(27)22-9-1-2-11-24(22)34-30(31)38)23-10-4-7-18-6-3-8-21(26(18)23)29(32)37/h1-4,6-11,13-16,25,27H,5,12,17H2,(H,34,38)/t25-,27+,31-,32-/m1/s1. The second kappa shape index (κ2) is 7.40. The van der Waals surface area contributed by atoms with Gasteiger partial charge in [-0.25, -0.2) is 0 Å². The van der Waals surface area contributed by atoms with Gasteiger partial charge in [-0.1, -0.05) is 66.2 Å². The second-order valence-electron chi connectivity index (χ2n) is 10.8. The van der Waals surface area contributed by atoms with Gasteiger partial charge in [0.25, 0.3) is 0 Å². The number of nitrogens with one attached hydrogen (secondary N) is 1. The van der Waals surface area contributed by atoms with Crippen LogP contribution in [0.1, 0.15) is 44.7 Å². The van der Waals surface area contributed by atoms with Gasteiger partial charge in [0.05, 0.1) is 5.92 Å². The summed E-state index contributed by atoms with van der Waals surface area (Å²) >= 11 is 6.16. The van der Waals surface area contributed by atoms with E-state index in [0.29, 0.717) is 28.4 Å². The van der Waals surface area contributed by atoms with Crippen LogP contribution in [0.3, 0.4) is 0 Å². The van der Waals surface area contributed by atoms with Crippen molar-refractivity contribution in [1.82, 2.24) is 4.90 Å². The molecule has 4 aliphatic rings. The van der Waals surface area contributed by atoms with Crippen molar-refractivity contribution >= 4 is 45.5 Å². The van der Waals surface area contributed by atoms with Crippen LogP contribution in [0.5, 0.6) is 0 Å². The molecule has 0 saturated carbocycles. The van der Waals surface area contributed by atoms with Crippen LogP contribution in [0.4, 0.5) is 5.69 Å². The van der Waals surface area contributed by atoms with Gasteiger partial charge in [0.15, 0.2) is 11.6 Å². The van der Waals surface area contributed by atoms with Gasteiger partial charge in [-0.05, 0) is 71.6 Å². The lowest BCUT2D eigenvalue weighted by atomic mass is 9.56. The van der Waals surface area contributed by atoms with Gasteiger partial charge in [0.2, 0.25) is 5.91 Å². The zero-order valence-corrected chi connectivity index (χ0v) is 21.2. The molecular formula is C32H23ClN2O3. The molecule has 1 aliphatic carbocycles. The van der Waals surface area contributed by atoms with Gasteiger partial charge < -0.3 is 5.32 Å². The molecule has 2 saturated heterocycles. The molecule has 4 atom stereocenters. The lowest BCUT2D eigenvalue weighted by molar-refractivity contribution is -0.124. The maximum absolute atomic E-state index is 15.0. The smallest absolute Gasteiger partial charge is 0.238 e. The number of anilines is 1. The minimum Gasteiger partial charge on any atom is -0.325 e. The number of para-hydroxylation sites is 1. The minimum atomic E-state index is -1.42. The number of carbonyl (C=O) groups excluding carboxylic acids is 3. The number of halogens is 1. The van der Waals surface area contributed by atoms with Crippen molar-refractivity contribution in [3.05, 3.63) is 112 Å². The molecule has 3 heterocycles. The number of nitrogens with zero attached hydrogens (tertiary/aromatic N) is 1. The summed E-state index contributed by atoms with van der Waals surface area (Å²) in [5.41, 5.74) is 0.616. The minimum absolute atomic E-state index is 0.0885. The van der Waals surface area contributed by atoms with Crippen molar-refractivity contribution in [3.63, 3.8) is 0 Å². The number of hydrogen-bond donors (Lipinski definition) is 1. The first-order valence-corrected chi connectivity index (χ1v) is 13.4. The largest absolute Gasteiger partial charge is 0.325 e. The van der Waals surface area contributed by atoms with Crippen LogP contribution >= 0.6 is 11.6 Å². The molecule has 8 rings (SSSR count). The molecule has 5 nitrogen and oxygen atoms in total. The van der Waals surface area contributed by atoms with E-state index in [1.807, 2.05) is 60.7 Å². The Kier molecular flexibility index (Phi) is 4.33. The zero-order valence-electron chi connectivity index (χ0n) is 20.4. The van der Waals surface area contributed by atoms with Crippen molar-refractivity contribution in [2.75, 3.05) is 11.9 Å². The molecule has 186 valence electrons. The molecule has 4 aromatic carbocycles. The number of fused-ring (bicyclic) bond motifs is 6. The Labute approximate surface area is 224 Å². The number of carbonyl (C=O) groups is 3. The highest BCUT2D eigenvalue weighted by Gasteiger charge is 2.80. The van der Waals surface area contributed by atoms with E-state index in [-0.39, 0.29) is 23.5 Å². The number of amides is 1. The summed E-state index contributed by atoms with van der Waals surface area (Å²) in [6, 6.07) is 25.9. The van der Waals surface area contributed by atoms with Crippen molar-refractivity contribution in [2.45, 2.75) is 29.8 Å². The molecule has 0 aromatic heterocycles. The number of benzene rings is 4. The molecule has 2 fully saturated rings. The summed E-state index contributed by atoms with van der Waals surface area (Å²) in [6.45, 7) is 0.641. The van der Waals surface area contributed by atoms with E-state index < -0.39 is 16.9 Å². The molecule has 3 aliphatic heterocycles. The van der Waals surface area contributed by atoms with Gasteiger partial charge in [-0.2, -0.15) is 0 Å². The highest BCUT2D eigenvalue weighted by atomic mass is 35.5. The number of rotatable bonds is 2. The maximum Gasteiger partial charge on any atom is 0.238 e. The highest BCUT2D eigenvalue weighted by molar-refractivity contribution is 6.31. The van der Waals surface area contributed by atoms with Gasteiger partial charge in [0.1, 0.15) is 11.0 Å². The highest BCUT2D eigenvalue weighted by Crippen LogP contribution is 2.68. The second-order valence-corrected chi connectivity index (χ2v) is 11.2. The summed E-state index contributed by atoms with van der Waals surface area (Å²) in [7, 11) is 0. The lowest BCUT2D eigenvalue weighted by Gasteiger charge is -2.44. The molecule has 6 heteroatoms. The summed E-state index contributed by atoms with van der Waals surface area (Å²) in [4.78, 5) is 46.4. The fourth-order valence-corrected chi connectivity index (χ4v) is 8.36. The first-order chi connectivity index (χ1) is 18.5. The monoisotopic (exact) mass is 518 g/mol. The topological polar surface area (TPSA) is 66.5 Å². The predicted octanol–water partition coefficient (Wildman–Crippen LogP) is 5.75. The third-order valence-corrected chi connectivity index (χ3v) is 9.64. The van der Waals surface area contributed by atoms with E-state index in [4.69, 9.17) is 11.6 Å².